The highest BCUT2D eigenvalue weighted by Crippen LogP contribution is 2.38. The molecule has 0 radical (unpaired) electrons. The molecule has 0 saturated carbocycles. The van der Waals surface area contributed by atoms with Gasteiger partial charge in [0.1, 0.15) is 6.33 Å². The summed E-state index contributed by atoms with van der Waals surface area (Å²) in [5.41, 5.74) is -1.41. The molecule has 0 aliphatic carbocycles. The molecular formula is C17H23FN4O3. The summed E-state index contributed by atoms with van der Waals surface area (Å²) in [5, 5.41) is 0. The Hall–Kier alpha value is -2.25. The third-order valence-electron chi connectivity index (χ3n) is 4.78. The zero-order chi connectivity index (χ0) is 18.4. The summed E-state index contributed by atoms with van der Waals surface area (Å²) in [4.78, 5) is 35.9. The first kappa shape index (κ1) is 17.6. The number of piperidine rings is 1. The molecule has 136 valence electrons. The number of halogens is 1. The summed E-state index contributed by atoms with van der Waals surface area (Å²) in [6.45, 7) is 7.98. The predicted octanol–water partition coefficient (Wildman–Crippen LogP) is 2.29. The molecule has 3 rings (SSSR count). The number of aromatic nitrogens is 2. The Bertz CT molecular complexity index is 708. The Morgan fingerprint density at radius 2 is 1.88 bits per heavy atom. The fourth-order valence-corrected chi connectivity index (χ4v) is 3.38. The lowest BCUT2D eigenvalue weighted by Gasteiger charge is -2.37. The van der Waals surface area contributed by atoms with E-state index in [-0.39, 0.29) is 11.7 Å². The van der Waals surface area contributed by atoms with Gasteiger partial charge in [-0.25, -0.2) is 24.1 Å². The first-order valence-corrected chi connectivity index (χ1v) is 8.51. The summed E-state index contributed by atoms with van der Waals surface area (Å²) in [5.74, 6) is -0.486. The molecule has 0 N–H and O–H groups in total. The van der Waals surface area contributed by atoms with E-state index >= 15 is 0 Å². The minimum Gasteiger partial charge on any atom is -0.432 e. The standard InChI is InChI=1S/C17H23FN4O3/c1-5-11-12(18)13(20-10-19-11)21-8-6-17(7-9-21)14(23)22(15(24)25-17)16(2,3)4/h10H,5-9H2,1-4H3. The minimum atomic E-state index is -1.14. The Balaban J connectivity index is 1.79. The van der Waals surface area contributed by atoms with Crippen LogP contribution in [0.2, 0.25) is 0 Å². The second-order valence-electron chi connectivity index (χ2n) is 7.47. The van der Waals surface area contributed by atoms with Crippen molar-refractivity contribution in [2.75, 3.05) is 18.0 Å². The van der Waals surface area contributed by atoms with Gasteiger partial charge in [0.25, 0.3) is 5.91 Å². The molecule has 2 aliphatic heterocycles. The van der Waals surface area contributed by atoms with E-state index in [2.05, 4.69) is 9.97 Å². The van der Waals surface area contributed by atoms with Crippen LogP contribution in [0.1, 0.15) is 46.2 Å². The SMILES string of the molecule is CCc1ncnc(N2CCC3(CC2)OC(=O)N(C(C)(C)C)C3=O)c1F. The van der Waals surface area contributed by atoms with Crippen LogP contribution in [0.15, 0.2) is 6.33 Å². The molecule has 0 bridgehead atoms. The molecule has 2 saturated heterocycles. The average molecular weight is 350 g/mol. The van der Waals surface area contributed by atoms with Gasteiger partial charge in [-0.15, -0.1) is 0 Å². The lowest BCUT2D eigenvalue weighted by Crippen LogP contribution is -2.53. The number of ether oxygens (including phenoxy) is 1. The molecule has 3 heterocycles. The van der Waals surface area contributed by atoms with Crippen molar-refractivity contribution in [2.24, 2.45) is 0 Å². The summed E-state index contributed by atoms with van der Waals surface area (Å²) >= 11 is 0. The van der Waals surface area contributed by atoms with Crippen LogP contribution in [-0.2, 0) is 16.0 Å². The number of carbonyl (C=O) groups excluding carboxylic acids is 2. The topological polar surface area (TPSA) is 75.6 Å². The fraction of sp³-hybridized carbons (Fsp3) is 0.647. The van der Waals surface area contributed by atoms with Crippen LogP contribution in [-0.4, -0.2) is 51.1 Å². The third kappa shape index (κ3) is 2.83. The summed E-state index contributed by atoms with van der Waals surface area (Å²) < 4.78 is 19.9. The monoisotopic (exact) mass is 350 g/mol. The van der Waals surface area contributed by atoms with E-state index in [0.717, 1.165) is 0 Å². The molecule has 1 aromatic heterocycles. The zero-order valence-electron chi connectivity index (χ0n) is 15.0. The molecule has 2 aliphatic rings. The normalized spacial score (nSPS) is 20.4. The van der Waals surface area contributed by atoms with Crippen LogP contribution in [0.3, 0.4) is 0 Å². The highest BCUT2D eigenvalue weighted by atomic mass is 19.1. The molecule has 7 nitrogen and oxygen atoms in total. The Morgan fingerprint density at radius 3 is 2.40 bits per heavy atom. The van der Waals surface area contributed by atoms with Crippen molar-refractivity contribution in [3.05, 3.63) is 17.8 Å². The minimum absolute atomic E-state index is 0.242. The molecule has 0 unspecified atom stereocenters. The number of carbonyl (C=O) groups is 2. The van der Waals surface area contributed by atoms with Gasteiger partial charge in [0, 0.05) is 31.5 Å². The van der Waals surface area contributed by atoms with Crippen LogP contribution in [0.5, 0.6) is 0 Å². The molecule has 1 aromatic rings. The maximum absolute atomic E-state index is 14.5. The summed E-state index contributed by atoms with van der Waals surface area (Å²) in [6, 6.07) is 0. The van der Waals surface area contributed by atoms with Gasteiger partial charge >= 0.3 is 6.09 Å². The summed E-state index contributed by atoms with van der Waals surface area (Å²) in [7, 11) is 0. The lowest BCUT2D eigenvalue weighted by atomic mass is 9.89. The van der Waals surface area contributed by atoms with Crippen molar-refractivity contribution in [3.63, 3.8) is 0 Å². The van der Waals surface area contributed by atoms with Gasteiger partial charge in [-0.3, -0.25) is 4.79 Å². The van der Waals surface area contributed by atoms with Crippen molar-refractivity contribution in [2.45, 2.75) is 58.1 Å². The third-order valence-corrected chi connectivity index (χ3v) is 4.78. The van der Waals surface area contributed by atoms with Crippen LogP contribution in [0.25, 0.3) is 0 Å². The van der Waals surface area contributed by atoms with Crippen LogP contribution in [0, 0.1) is 5.82 Å². The van der Waals surface area contributed by atoms with Gasteiger partial charge < -0.3 is 9.64 Å². The highest BCUT2D eigenvalue weighted by molar-refractivity contribution is 6.03. The first-order valence-electron chi connectivity index (χ1n) is 8.51. The van der Waals surface area contributed by atoms with Crippen LogP contribution in [0.4, 0.5) is 15.0 Å². The largest absolute Gasteiger partial charge is 0.432 e. The van der Waals surface area contributed by atoms with E-state index in [0.29, 0.717) is 38.0 Å². The zero-order valence-corrected chi connectivity index (χ0v) is 15.0. The highest BCUT2D eigenvalue weighted by Gasteiger charge is 2.57. The van der Waals surface area contributed by atoms with Crippen molar-refractivity contribution < 1.29 is 18.7 Å². The average Bonchev–Trinajstić information content (AvgIpc) is 2.79. The number of hydrogen-bond acceptors (Lipinski definition) is 6. The molecule has 1 spiro atoms. The van der Waals surface area contributed by atoms with Crippen molar-refractivity contribution >= 4 is 17.8 Å². The molecule has 2 amide bonds. The number of nitrogens with zero attached hydrogens (tertiary/aromatic N) is 4. The number of amides is 2. The number of hydrogen-bond donors (Lipinski definition) is 0. The summed E-state index contributed by atoms with van der Waals surface area (Å²) in [6.07, 6.45) is 1.86. The van der Waals surface area contributed by atoms with Gasteiger partial charge in [-0.05, 0) is 27.2 Å². The molecular weight excluding hydrogens is 327 g/mol. The predicted molar refractivity (Wildman–Crippen MR) is 88.6 cm³/mol. The maximum atomic E-state index is 14.5. The fourth-order valence-electron chi connectivity index (χ4n) is 3.38. The number of anilines is 1. The van der Waals surface area contributed by atoms with Gasteiger partial charge in [-0.1, -0.05) is 6.92 Å². The Morgan fingerprint density at radius 1 is 1.24 bits per heavy atom. The van der Waals surface area contributed by atoms with Gasteiger partial charge in [0.05, 0.1) is 5.69 Å². The number of imide groups is 1. The molecule has 0 atom stereocenters. The van der Waals surface area contributed by atoms with Gasteiger partial charge in [0.15, 0.2) is 17.2 Å². The van der Waals surface area contributed by atoms with E-state index in [1.54, 1.807) is 25.7 Å². The number of rotatable bonds is 2. The molecule has 2 fully saturated rings. The van der Waals surface area contributed by atoms with E-state index in [1.165, 1.54) is 11.2 Å². The first-order chi connectivity index (χ1) is 11.7. The van der Waals surface area contributed by atoms with Crippen molar-refractivity contribution in [3.8, 4) is 0 Å². The van der Waals surface area contributed by atoms with E-state index in [4.69, 9.17) is 4.74 Å². The van der Waals surface area contributed by atoms with Crippen LogP contribution >= 0.6 is 0 Å². The van der Waals surface area contributed by atoms with Crippen molar-refractivity contribution in [1.29, 1.82) is 0 Å². The van der Waals surface area contributed by atoms with Gasteiger partial charge in [0.2, 0.25) is 0 Å². The van der Waals surface area contributed by atoms with E-state index in [1.807, 2.05) is 6.92 Å². The molecule has 0 aromatic carbocycles. The van der Waals surface area contributed by atoms with Crippen molar-refractivity contribution in [1.82, 2.24) is 14.9 Å². The van der Waals surface area contributed by atoms with Crippen LogP contribution < -0.4 is 4.90 Å². The Kier molecular flexibility index (Phi) is 4.17. The van der Waals surface area contributed by atoms with E-state index < -0.39 is 23.1 Å². The quantitative estimate of drug-likeness (QED) is 0.815. The molecule has 8 heteroatoms. The Labute approximate surface area is 146 Å². The van der Waals surface area contributed by atoms with E-state index in [9.17, 15) is 14.0 Å². The molecule has 25 heavy (non-hydrogen) atoms. The number of aryl methyl sites for hydroxylation is 1. The van der Waals surface area contributed by atoms with Gasteiger partial charge in [-0.2, -0.15) is 0 Å². The maximum Gasteiger partial charge on any atom is 0.418 e. The lowest BCUT2D eigenvalue weighted by molar-refractivity contribution is -0.140. The second kappa shape index (κ2) is 5.93. The second-order valence-corrected chi connectivity index (χ2v) is 7.47. The smallest absolute Gasteiger partial charge is 0.418 e.